The molecule has 0 bridgehead atoms. The van der Waals surface area contributed by atoms with Gasteiger partial charge in [0.1, 0.15) is 0 Å². The van der Waals surface area contributed by atoms with Crippen LogP contribution in [0.2, 0.25) is 0 Å². The minimum absolute atomic E-state index is 0. The highest BCUT2D eigenvalue weighted by Crippen LogP contribution is 1.43. The standard InChI is InChI=1S/2CH2O3.CH4/c2*2-1(3)4;/h2*(H2,2,3,4);1H4. The average Bonchev–Trinajstić information content (AvgIpc) is 1.25. The first kappa shape index (κ1) is 15.6. The van der Waals surface area contributed by atoms with Crippen molar-refractivity contribution in [1.82, 2.24) is 0 Å². The van der Waals surface area contributed by atoms with Gasteiger partial charge in [-0.1, -0.05) is 7.43 Å². The molecule has 0 heterocycles. The van der Waals surface area contributed by atoms with E-state index < -0.39 is 12.3 Å². The van der Waals surface area contributed by atoms with Gasteiger partial charge in [-0.25, -0.2) is 9.59 Å². The highest BCUT2D eigenvalue weighted by Gasteiger charge is 1.70. The van der Waals surface area contributed by atoms with Gasteiger partial charge < -0.3 is 20.4 Å². The highest BCUT2D eigenvalue weighted by molar-refractivity contribution is 5.53. The van der Waals surface area contributed by atoms with Crippen molar-refractivity contribution in [1.29, 1.82) is 0 Å². The fourth-order valence-electron chi connectivity index (χ4n) is 0. The Morgan fingerprint density at radius 1 is 0.778 bits per heavy atom. The van der Waals surface area contributed by atoms with E-state index in [1.54, 1.807) is 0 Å². The highest BCUT2D eigenvalue weighted by atomic mass is 16.6. The van der Waals surface area contributed by atoms with Crippen LogP contribution in [0.15, 0.2) is 0 Å². The van der Waals surface area contributed by atoms with E-state index in [-0.39, 0.29) is 7.43 Å². The molecule has 0 saturated carbocycles. The molecule has 0 fully saturated rings. The predicted octanol–water partition coefficient (Wildman–Crippen LogP) is 1.08. The van der Waals surface area contributed by atoms with Crippen LogP contribution in [0.1, 0.15) is 7.43 Å². The van der Waals surface area contributed by atoms with Gasteiger partial charge in [-0.15, -0.1) is 0 Å². The molecule has 0 radical (unpaired) electrons. The molecule has 0 unspecified atom stereocenters. The summed E-state index contributed by atoms with van der Waals surface area (Å²) in [7, 11) is 0. The topological polar surface area (TPSA) is 115 Å². The van der Waals surface area contributed by atoms with Crippen LogP contribution >= 0.6 is 0 Å². The largest absolute Gasteiger partial charge is 0.503 e. The van der Waals surface area contributed by atoms with E-state index in [0.717, 1.165) is 0 Å². The average molecular weight is 140 g/mol. The third-order valence-corrected chi connectivity index (χ3v) is 0. The lowest BCUT2D eigenvalue weighted by atomic mass is 11.5. The van der Waals surface area contributed by atoms with E-state index in [9.17, 15) is 0 Å². The van der Waals surface area contributed by atoms with E-state index in [1.807, 2.05) is 0 Å². The molecule has 4 N–H and O–H groups in total. The summed E-state index contributed by atoms with van der Waals surface area (Å²) in [4.78, 5) is 17.1. The third-order valence-electron chi connectivity index (χ3n) is 0. The molecule has 56 valence electrons. The van der Waals surface area contributed by atoms with Crippen molar-refractivity contribution in [2.45, 2.75) is 7.43 Å². The second-order valence-corrected chi connectivity index (χ2v) is 0.565. The molecule has 0 aliphatic heterocycles. The van der Waals surface area contributed by atoms with Crippen molar-refractivity contribution >= 4 is 12.3 Å². The zero-order valence-electron chi connectivity index (χ0n) is 3.61. The summed E-state index contributed by atoms with van der Waals surface area (Å²) in [5.41, 5.74) is 0. The van der Waals surface area contributed by atoms with Crippen LogP contribution in [0.4, 0.5) is 9.59 Å². The summed E-state index contributed by atoms with van der Waals surface area (Å²) in [6, 6.07) is 0. The van der Waals surface area contributed by atoms with E-state index >= 15 is 0 Å². The molecule has 0 saturated heterocycles. The minimum Gasteiger partial charge on any atom is -0.450 e. The maximum absolute atomic E-state index is 8.56. The monoisotopic (exact) mass is 140 g/mol. The molecule has 9 heavy (non-hydrogen) atoms. The van der Waals surface area contributed by atoms with E-state index in [4.69, 9.17) is 30.0 Å². The van der Waals surface area contributed by atoms with Crippen LogP contribution in [0.5, 0.6) is 0 Å². The van der Waals surface area contributed by atoms with Gasteiger partial charge in [-0.3, -0.25) is 0 Å². The zero-order valence-corrected chi connectivity index (χ0v) is 3.61. The lowest BCUT2D eigenvalue weighted by molar-refractivity contribution is 0.135. The Morgan fingerprint density at radius 2 is 0.778 bits per heavy atom. The van der Waals surface area contributed by atoms with Gasteiger partial charge in [0.15, 0.2) is 0 Å². The Morgan fingerprint density at radius 3 is 0.778 bits per heavy atom. The molecule has 0 atom stereocenters. The fourth-order valence-corrected chi connectivity index (χ4v) is 0. The van der Waals surface area contributed by atoms with Crippen molar-refractivity contribution in [3.8, 4) is 0 Å². The van der Waals surface area contributed by atoms with Crippen LogP contribution in [-0.4, -0.2) is 32.7 Å². The summed E-state index contributed by atoms with van der Waals surface area (Å²) in [5.74, 6) is 0. The molecule has 6 heteroatoms. The number of rotatable bonds is 0. The first-order chi connectivity index (χ1) is 3.46. The van der Waals surface area contributed by atoms with Crippen LogP contribution in [0.25, 0.3) is 0 Å². The summed E-state index contributed by atoms with van der Waals surface area (Å²) in [5, 5.41) is 27.9. The van der Waals surface area contributed by atoms with E-state index in [2.05, 4.69) is 0 Å². The first-order valence-corrected chi connectivity index (χ1v) is 1.30. The van der Waals surface area contributed by atoms with Crippen molar-refractivity contribution < 1.29 is 30.0 Å². The Balaban J connectivity index is -0.0000000720. The minimum atomic E-state index is -1.83. The second-order valence-electron chi connectivity index (χ2n) is 0.565. The molecular formula is C3H8O6. The molecule has 0 aliphatic rings. The summed E-state index contributed by atoms with van der Waals surface area (Å²) in [6.07, 6.45) is -3.67. The molecular weight excluding hydrogens is 132 g/mol. The fraction of sp³-hybridized carbons (Fsp3) is 0.333. The molecule has 0 aromatic rings. The van der Waals surface area contributed by atoms with E-state index in [1.165, 1.54) is 0 Å². The summed E-state index contributed by atoms with van der Waals surface area (Å²) >= 11 is 0. The molecule has 0 aromatic heterocycles. The third kappa shape index (κ3) is 63.2. The van der Waals surface area contributed by atoms with Gasteiger partial charge >= 0.3 is 12.3 Å². The molecule has 0 aromatic carbocycles. The van der Waals surface area contributed by atoms with Crippen LogP contribution < -0.4 is 0 Å². The van der Waals surface area contributed by atoms with Crippen molar-refractivity contribution in [2.24, 2.45) is 0 Å². The molecule has 0 amide bonds. The summed E-state index contributed by atoms with van der Waals surface area (Å²) < 4.78 is 0. The van der Waals surface area contributed by atoms with Crippen molar-refractivity contribution in [3.63, 3.8) is 0 Å². The molecule has 0 rings (SSSR count). The number of carboxylic acid groups (broad SMARTS) is 4. The van der Waals surface area contributed by atoms with Gasteiger partial charge in [-0.2, -0.15) is 0 Å². The van der Waals surface area contributed by atoms with E-state index in [0.29, 0.717) is 0 Å². The van der Waals surface area contributed by atoms with Crippen LogP contribution in [0.3, 0.4) is 0 Å². The number of hydrogen-bond acceptors (Lipinski definition) is 2. The zero-order chi connectivity index (χ0) is 7.15. The lowest BCUT2D eigenvalue weighted by Gasteiger charge is -1.60. The maximum atomic E-state index is 8.56. The Hall–Kier alpha value is -1.46. The Bertz CT molecular complexity index is 66.3. The van der Waals surface area contributed by atoms with Crippen molar-refractivity contribution in [2.75, 3.05) is 0 Å². The smallest absolute Gasteiger partial charge is 0.450 e. The first-order valence-electron chi connectivity index (χ1n) is 1.30. The van der Waals surface area contributed by atoms with Crippen molar-refractivity contribution in [3.05, 3.63) is 0 Å². The maximum Gasteiger partial charge on any atom is 0.503 e. The van der Waals surface area contributed by atoms with Gasteiger partial charge in [0.25, 0.3) is 0 Å². The summed E-state index contributed by atoms with van der Waals surface area (Å²) in [6.45, 7) is 0. The number of hydrogen-bond donors (Lipinski definition) is 4. The molecule has 6 nitrogen and oxygen atoms in total. The van der Waals surface area contributed by atoms with Gasteiger partial charge in [0.2, 0.25) is 0 Å². The quantitative estimate of drug-likeness (QED) is 0.400. The van der Waals surface area contributed by atoms with Crippen LogP contribution in [-0.2, 0) is 0 Å². The molecule has 0 spiro atoms. The Kier molecular flexibility index (Phi) is 16.9. The molecule has 0 aliphatic carbocycles. The van der Waals surface area contributed by atoms with Gasteiger partial charge in [-0.05, 0) is 0 Å². The van der Waals surface area contributed by atoms with Crippen LogP contribution in [0, 0.1) is 0 Å². The normalized spacial score (nSPS) is 5.33. The SMILES string of the molecule is C.O=C(O)O.O=C(O)O. The Labute approximate surface area is 51.0 Å². The second kappa shape index (κ2) is 9.74. The number of carbonyl (C=O) groups is 2. The van der Waals surface area contributed by atoms with Gasteiger partial charge in [0.05, 0.1) is 0 Å². The lowest BCUT2D eigenvalue weighted by Crippen LogP contribution is -1.81. The van der Waals surface area contributed by atoms with Gasteiger partial charge in [0, 0.05) is 0 Å². The predicted molar refractivity (Wildman–Crippen MR) is 28.0 cm³/mol.